The molecule has 1 fully saturated rings. The highest BCUT2D eigenvalue weighted by molar-refractivity contribution is 6.29. The molecule has 1 unspecified atom stereocenters. The predicted octanol–water partition coefficient (Wildman–Crippen LogP) is 0.866. The number of hydrogen-bond acceptors (Lipinski definition) is 2. The van der Waals surface area contributed by atoms with E-state index in [0.717, 1.165) is 0 Å². The first-order chi connectivity index (χ1) is 7.04. The van der Waals surface area contributed by atoms with Crippen LogP contribution in [0, 0.1) is 0 Å². The van der Waals surface area contributed by atoms with Crippen LogP contribution >= 0.6 is 11.6 Å². The molecule has 4 nitrogen and oxygen atoms in total. The summed E-state index contributed by atoms with van der Waals surface area (Å²) in [4.78, 5) is 24.7. The van der Waals surface area contributed by atoms with Crippen LogP contribution in [0.3, 0.4) is 0 Å². The summed E-state index contributed by atoms with van der Waals surface area (Å²) in [5, 5.41) is 3.09. The third-order valence-electron chi connectivity index (χ3n) is 2.32. The van der Waals surface area contributed by atoms with E-state index in [0.29, 0.717) is 31.0 Å². The van der Waals surface area contributed by atoms with Gasteiger partial charge in [-0.2, -0.15) is 0 Å². The number of hydrogen-bond donors (Lipinski definition) is 1. The number of amides is 2. The molecule has 0 aliphatic carbocycles. The molecule has 0 saturated carbocycles. The summed E-state index contributed by atoms with van der Waals surface area (Å²) in [6, 6.07) is -0.420. The van der Waals surface area contributed by atoms with Gasteiger partial charge in [-0.1, -0.05) is 25.1 Å². The minimum absolute atomic E-state index is 0.0786. The zero-order valence-electron chi connectivity index (χ0n) is 8.75. The van der Waals surface area contributed by atoms with Crippen molar-refractivity contribution < 1.29 is 9.59 Å². The largest absolute Gasteiger partial charge is 0.344 e. The van der Waals surface area contributed by atoms with Crippen LogP contribution in [0.15, 0.2) is 11.6 Å². The molecule has 0 aromatic carbocycles. The van der Waals surface area contributed by atoms with Crippen molar-refractivity contribution in [1.82, 2.24) is 10.2 Å². The van der Waals surface area contributed by atoms with Gasteiger partial charge in [0.15, 0.2) is 0 Å². The van der Waals surface area contributed by atoms with Crippen LogP contribution < -0.4 is 5.32 Å². The molecular formula is C10H15ClN2O2. The second-order valence-corrected chi connectivity index (χ2v) is 4.09. The molecule has 1 heterocycles. The Kier molecular flexibility index (Phi) is 4.15. The van der Waals surface area contributed by atoms with Crippen LogP contribution in [-0.4, -0.2) is 35.8 Å². The SMILES string of the molecule is C=C(Cl)CN1CCC(=O)NC(CC)C1=O. The maximum Gasteiger partial charge on any atom is 0.245 e. The van der Waals surface area contributed by atoms with Gasteiger partial charge in [0.2, 0.25) is 11.8 Å². The van der Waals surface area contributed by atoms with Crippen molar-refractivity contribution in [3.05, 3.63) is 11.6 Å². The Hall–Kier alpha value is -1.03. The van der Waals surface area contributed by atoms with Crippen molar-refractivity contribution in [2.45, 2.75) is 25.8 Å². The van der Waals surface area contributed by atoms with Crippen molar-refractivity contribution in [1.29, 1.82) is 0 Å². The number of nitrogens with zero attached hydrogens (tertiary/aromatic N) is 1. The van der Waals surface area contributed by atoms with Crippen molar-refractivity contribution in [2.24, 2.45) is 0 Å². The van der Waals surface area contributed by atoms with E-state index in [2.05, 4.69) is 11.9 Å². The number of carbonyl (C=O) groups is 2. The Bertz CT molecular complexity index is 291. The third kappa shape index (κ3) is 3.23. The molecule has 5 heteroatoms. The monoisotopic (exact) mass is 230 g/mol. The molecule has 1 N–H and O–H groups in total. The minimum Gasteiger partial charge on any atom is -0.344 e. The Morgan fingerprint density at radius 1 is 1.67 bits per heavy atom. The average Bonchev–Trinajstić information content (AvgIpc) is 2.30. The zero-order chi connectivity index (χ0) is 11.4. The lowest BCUT2D eigenvalue weighted by Crippen LogP contribution is -2.44. The van der Waals surface area contributed by atoms with Crippen LogP contribution in [0.5, 0.6) is 0 Å². The van der Waals surface area contributed by atoms with Gasteiger partial charge >= 0.3 is 0 Å². The van der Waals surface area contributed by atoms with Crippen LogP contribution in [-0.2, 0) is 9.59 Å². The molecule has 84 valence electrons. The molecule has 0 bridgehead atoms. The third-order valence-corrected chi connectivity index (χ3v) is 2.44. The first-order valence-corrected chi connectivity index (χ1v) is 5.33. The molecule has 0 aromatic rings. The number of carbonyl (C=O) groups excluding carboxylic acids is 2. The van der Waals surface area contributed by atoms with Crippen LogP contribution in [0.25, 0.3) is 0 Å². The molecule has 0 aromatic heterocycles. The summed E-state index contributed by atoms with van der Waals surface area (Å²) >= 11 is 5.66. The highest BCUT2D eigenvalue weighted by Gasteiger charge is 2.28. The van der Waals surface area contributed by atoms with Gasteiger partial charge in [-0.3, -0.25) is 9.59 Å². The van der Waals surface area contributed by atoms with Gasteiger partial charge in [0, 0.05) is 18.0 Å². The van der Waals surface area contributed by atoms with E-state index in [9.17, 15) is 9.59 Å². The van der Waals surface area contributed by atoms with Gasteiger partial charge in [0.25, 0.3) is 0 Å². The van der Waals surface area contributed by atoms with E-state index >= 15 is 0 Å². The predicted molar refractivity (Wildman–Crippen MR) is 58.4 cm³/mol. The second-order valence-electron chi connectivity index (χ2n) is 3.56. The van der Waals surface area contributed by atoms with Gasteiger partial charge in [-0.15, -0.1) is 0 Å². The van der Waals surface area contributed by atoms with Crippen molar-refractivity contribution in [3.8, 4) is 0 Å². The standard InChI is InChI=1S/C10H15ClN2O2/c1-3-8-10(15)13(6-7(2)11)5-4-9(14)12-8/h8H,2-6H2,1H3,(H,12,14). The maximum atomic E-state index is 11.9. The van der Waals surface area contributed by atoms with E-state index in [1.54, 1.807) is 4.90 Å². The van der Waals surface area contributed by atoms with Crippen LogP contribution in [0.2, 0.25) is 0 Å². The van der Waals surface area contributed by atoms with Crippen LogP contribution in [0.4, 0.5) is 0 Å². The topological polar surface area (TPSA) is 49.4 Å². The van der Waals surface area contributed by atoms with E-state index in [1.165, 1.54) is 0 Å². The Labute approximate surface area is 94.3 Å². The average molecular weight is 231 g/mol. The first kappa shape index (κ1) is 12.0. The Morgan fingerprint density at radius 2 is 2.33 bits per heavy atom. The van der Waals surface area contributed by atoms with E-state index in [1.807, 2.05) is 6.92 Å². The summed E-state index contributed by atoms with van der Waals surface area (Å²) in [5.41, 5.74) is 0. The smallest absolute Gasteiger partial charge is 0.245 e. The lowest BCUT2D eigenvalue weighted by atomic mass is 10.2. The molecule has 2 amide bonds. The summed E-state index contributed by atoms with van der Waals surface area (Å²) in [5.74, 6) is -0.164. The highest BCUT2D eigenvalue weighted by Crippen LogP contribution is 2.09. The Balaban J connectivity index is 2.74. The van der Waals surface area contributed by atoms with E-state index in [4.69, 9.17) is 11.6 Å². The maximum absolute atomic E-state index is 11.9. The van der Waals surface area contributed by atoms with Gasteiger partial charge < -0.3 is 10.2 Å². The molecule has 1 aliphatic heterocycles. The molecule has 15 heavy (non-hydrogen) atoms. The summed E-state index contributed by atoms with van der Waals surface area (Å²) < 4.78 is 0. The summed E-state index contributed by atoms with van der Waals surface area (Å²) in [6.07, 6.45) is 0.919. The molecule has 0 spiro atoms. The van der Waals surface area contributed by atoms with Gasteiger partial charge in [0.1, 0.15) is 6.04 Å². The summed E-state index contributed by atoms with van der Waals surface area (Å²) in [7, 11) is 0. The fourth-order valence-electron chi connectivity index (χ4n) is 1.54. The normalized spacial score (nSPS) is 22.3. The Morgan fingerprint density at radius 3 is 2.87 bits per heavy atom. The first-order valence-electron chi connectivity index (χ1n) is 4.96. The quantitative estimate of drug-likeness (QED) is 0.782. The van der Waals surface area contributed by atoms with Gasteiger partial charge in [-0.25, -0.2) is 0 Å². The fraction of sp³-hybridized carbons (Fsp3) is 0.600. The van der Waals surface area contributed by atoms with Crippen molar-refractivity contribution >= 4 is 23.4 Å². The summed E-state index contributed by atoms with van der Waals surface area (Å²) in [6.45, 7) is 6.13. The molecule has 1 rings (SSSR count). The van der Waals surface area contributed by atoms with Crippen molar-refractivity contribution in [3.63, 3.8) is 0 Å². The second kappa shape index (κ2) is 5.16. The highest BCUT2D eigenvalue weighted by atomic mass is 35.5. The van der Waals surface area contributed by atoms with Crippen molar-refractivity contribution in [2.75, 3.05) is 13.1 Å². The number of nitrogens with one attached hydrogen (secondary N) is 1. The molecular weight excluding hydrogens is 216 g/mol. The molecule has 1 aliphatic rings. The van der Waals surface area contributed by atoms with E-state index in [-0.39, 0.29) is 11.8 Å². The molecule has 0 radical (unpaired) electrons. The minimum atomic E-state index is -0.420. The van der Waals surface area contributed by atoms with Gasteiger partial charge in [0.05, 0.1) is 6.54 Å². The molecule has 1 saturated heterocycles. The lowest BCUT2D eigenvalue weighted by molar-refractivity contribution is -0.133. The number of halogens is 1. The zero-order valence-corrected chi connectivity index (χ0v) is 9.51. The van der Waals surface area contributed by atoms with E-state index < -0.39 is 6.04 Å². The molecule has 1 atom stereocenters. The van der Waals surface area contributed by atoms with Crippen LogP contribution in [0.1, 0.15) is 19.8 Å². The van der Waals surface area contributed by atoms with Gasteiger partial charge in [-0.05, 0) is 6.42 Å². The number of rotatable bonds is 3. The fourth-order valence-corrected chi connectivity index (χ4v) is 1.68. The lowest BCUT2D eigenvalue weighted by Gasteiger charge is -2.22.